The molecule has 0 radical (unpaired) electrons. The highest BCUT2D eigenvalue weighted by Crippen LogP contribution is 2.21. The van der Waals surface area contributed by atoms with E-state index in [4.69, 9.17) is 0 Å². The average Bonchev–Trinajstić information content (AvgIpc) is 2.89. The van der Waals surface area contributed by atoms with Crippen LogP contribution in [0, 0.1) is 6.92 Å². The van der Waals surface area contributed by atoms with Crippen molar-refractivity contribution in [3.8, 4) is 0 Å². The summed E-state index contributed by atoms with van der Waals surface area (Å²) in [6, 6.07) is 1.67. The number of anilines is 1. The Balaban J connectivity index is 2.23. The number of rotatable bonds is 6. The quantitative estimate of drug-likeness (QED) is 0.852. The van der Waals surface area contributed by atoms with Crippen molar-refractivity contribution in [1.82, 2.24) is 19.7 Å². The van der Waals surface area contributed by atoms with Crippen LogP contribution >= 0.6 is 0 Å². The minimum Gasteiger partial charge on any atom is -0.394 e. The van der Waals surface area contributed by atoms with Crippen LogP contribution in [0.2, 0.25) is 0 Å². The van der Waals surface area contributed by atoms with Crippen LogP contribution in [0.4, 0.5) is 5.82 Å². The van der Waals surface area contributed by atoms with Gasteiger partial charge in [0.15, 0.2) is 0 Å². The number of nitrogens with zero attached hydrogens (tertiary/aromatic N) is 4. The normalized spacial score (nSPS) is 14.0. The zero-order valence-corrected chi connectivity index (χ0v) is 13.0. The Morgan fingerprint density at radius 2 is 2.14 bits per heavy atom. The number of aromatic nitrogens is 4. The van der Waals surface area contributed by atoms with Gasteiger partial charge in [-0.1, -0.05) is 13.8 Å². The van der Waals surface area contributed by atoms with Crippen LogP contribution in [0.15, 0.2) is 18.5 Å². The molecule has 6 nitrogen and oxygen atoms in total. The lowest BCUT2D eigenvalue weighted by atomic mass is 10.1. The Morgan fingerprint density at radius 3 is 2.71 bits per heavy atom. The van der Waals surface area contributed by atoms with Gasteiger partial charge in [-0.25, -0.2) is 9.97 Å². The number of hydrogen-bond acceptors (Lipinski definition) is 5. The van der Waals surface area contributed by atoms with Gasteiger partial charge in [-0.3, -0.25) is 4.68 Å². The largest absolute Gasteiger partial charge is 0.394 e. The summed E-state index contributed by atoms with van der Waals surface area (Å²) in [7, 11) is 1.85. The zero-order chi connectivity index (χ0) is 15.4. The molecular formula is C15H23N5O. The Kier molecular flexibility index (Phi) is 4.90. The number of aliphatic hydroxyl groups excluding tert-OH is 1. The molecule has 0 fully saturated rings. The molecule has 2 aromatic heterocycles. The fourth-order valence-corrected chi connectivity index (χ4v) is 2.10. The molecule has 0 saturated carbocycles. The van der Waals surface area contributed by atoms with Gasteiger partial charge >= 0.3 is 0 Å². The molecular weight excluding hydrogens is 266 g/mol. The van der Waals surface area contributed by atoms with E-state index in [0.717, 1.165) is 29.3 Å². The molecule has 114 valence electrons. The summed E-state index contributed by atoms with van der Waals surface area (Å²) < 4.78 is 1.72. The summed E-state index contributed by atoms with van der Waals surface area (Å²) in [5, 5.41) is 17.0. The molecule has 0 aliphatic carbocycles. The second-order valence-corrected chi connectivity index (χ2v) is 5.39. The van der Waals surface area contributed by atoms with E-state index in [1.54, 1.807) is 10.9 Å². The molecule has 2 atom stereocenters. The van der Waals surface area contributed by atoms with Crippen molar-refractivity contribution in [2.24, 2.45) is 7.05 Å². The number of aryl methyl sites for hydroxylation is 2. The summed E-state index contributed by atoms with van der Waals surface area (Å²) in [6.45, 7) is 6.17. The third kappa shape index (κ3) is 3.78. The van der Waals surface area contributed by atoms with Crippen molar-refractivity contribution in [2.75, 3.05) is 11.9 Å². The van der Waals surface area contributed by atoms with E-state index in [1.165, 1.54) is 0 Å². The van der Waals surface area contributed by atoms with Crippen LogP contribution in [-0.4, -0.2) is 31.5 Å². The van der Waals surface area contributed by atoms with E-state index in [0.29, 0.717) is 5.92 Å². The minimum absolute atomic E-state index is 0.0204. The second-order valence-electron chi connectivity index (χ2n) is 5.39. The Morgan fingerprint density at radius 1 is 1.38 bits per heavy atom. The van der Waals surface area contributed by atoms with Crippen LogP contribution in [0.25, 0.3) is 0 Å². The van der Waals surface area contributed by atoms with Crippen molar-refractivity contribution in [3.05, 3.63) is 35.5 Å². The van der Waals surface area contributed by atoms with Crippen LogP contribution < -0.4 is 5.32 Å². The molecule has 0 aliphatic heterocycles. The van der Waals surface area contributed by atoms with Gasteiger partial charge in [0.1, 0.15) is 11.6 Å². The molecule has 6 heteroatoms. The number of hydrogen-bond donors (Lipinski definition) is 2. The molecule has 2 unspecified atom stereocenters. The lowest BCUT2D eigenvalue weighted by Crippen LogP contribution is -2.16. The summed E-state index contributed by atoms with van der Waals surface area (Å²) in [4.78, 5) is 9.05. The maximum atomic E-state index is 9.60. The van der Waals surface area contributed by atoms with Gasteiger partial charge in [0.05, 0.1) is 18.8 Å². The second kappa shape index (κ2) is 6.67. The van der Waals surface area contributed by atoms with E-state index in [9.17, 15) is 5.11 Å². The fraction of sp³-hybridized carbons (Fsp3) is 0.533. The molecule has 2 aromatic rings. The molecule has 0 bridgehead atoms. The highest BCUT2D eigenvalue weighted by atomic mass is 16.3. The molecule has 2 heterocycles. The third-order valence-electron chi connectivity index (χ3n) is 3.56. The number of nitrogens with one attached hydrogen (secondary N) is 1. The van der Waals surface area contributed by atoms with Crippen LogP contribution in [0.1, 0.15) is 49.3 Å². The van der Waals surface area contributed by atoms with Crippen molar-refractivity contribution < 1.29 is 5.11 Å². The van der Waals surface area contributed by atoms with Gasteiger partial charge in [-0.2, -0.15) is 5.10 Å². The highest BCUT2D eigenvalue weighted by molar-refractivity contribution is 5.39. The predicted octanol–water partition coefficient (Wildman–Crippen LogP) is 2.18. The molecule has 0 saturated heterocycles. The molecule has 2 N–H and O–H groups in total. The first kappa shape index (κ1) is 15.4. The highest BCUT2D eigenvalue weighted by Gasteiger charge is 2.15. The van der Waals surface area contributed by atoms with Crippen LogP contribution in [-0.2, 0) is 7.05 Å². The Labute approximate surface area is 125 Å². The maximum absolute atomic E-state index is 9.60. The summed E-state index contributed by atoms with van der Waals surface area (Å²) in [6.07, 6.45) is 4.63. The standard InChI is InChI=1S/C15H23N5O/c1-5-10(2)15-17-11(3)6-14(19-15)18-13(9-21)12-7-16-20(4)8-12/h6-8,10,13,21H,5,9H2,1-4H3,(H,17,18,19). The lowest BCUT2D eigenvalue weighted by molar-refractivity contribution is 0.276. The minimum atomic E-state index is -0.224. The summed E-state index contributed by atoms with van der Waals surface area (Å²) in [5.74, 6) is 1.89. The van der Waals surface area contributed by atoms with Crippen molar-refractivity contribution in [2.45, 2.75) is 39.2 Å². The SMILES string of the molecule is CCC(C)c1nc(C)cc(NC(CO)c2cnn(C)c2)n1. The Hall–Kier alpha value is -1.95. The molecule has 0 amide bonds. The van der Waals surface area contributed by atoms with Gasteiger partial charge in [0.2, 0.25) is 0 Å². The maximum Gasteiger partial charge on any atom is 0.133 e. The number of aliphatic hydroxyl groups is 1. The molecule has 2 rings (SSSR count). The van der Waals surface area contributed by atoms with Crippen molar-refractivity contribution in [3.63, 3.8) is 0 Å². The first-order chi connectivity index (χ1) is 10.0. The van der Waals surface area contributed by atoms with E-state index < -0.39 is 0 Å². The zero-order valence-electron chi connectivity index (χ0n) is 13.0. The van der Waals surface area contributed by atoms with Gasteiger partial charge in [0.25, 0.3) is 0 Å². The molecule has 0 aliphatic rings. The third-order valence-corrected chi connectivity index (χ3v) is 3.56. The summed E-state index contributed by atoms with van der Waals surface area (Å²) in [5.41, 5.74) is 1.85. The van der Waals surface area contributed by atoms with Crippen LogP contribution in [0.5, 0.6) is 0 Å². The monoisotopic (exact) mass is 289 g/mol. The first-order valence-electron chi connectivity index (χ1n) is 7.25. The van der Waals surface area contributed by atoms with Crippen LogP contribution in [0.3, 0.4) is 0 Å². The van der Waals surface area contributed by atoms with E-state index in [-0.39, 0.29) is 12.6 Å². The molecule has 0 spiro atoms. The molecule has 0 aromatic carbocycles. The van der Waals surface area contributed by atoms with E-state index >= 15 is 0 Å². The summed E-state index contributed by atoms with van der Waals surface area (Å²) >= 11 is 0. The fourth-order valence-electron chi connectivity index (χ4n) is 2.10. The van der Waals surface area contributed by atoms with E-state index in [1.807, 2.05) is 26.2 Å². The smallest absolute Gasteiger partial charge is 0.133 e. The average molecular weight is 289 g/mol. The van der Waals surface area contributed by atoms with Gasteiger partial charge in [-0.15, -0.1) is 0 Å². The van der Waals surface area contributed by atoms with Gasteiger partial charge < -0.3 is 10.4 Å². The van der Waals surface area contributed by atoms with Crippen molar-refractivity contribution >= 4 is 5.82 Å². The van der Waals surface area contributed by atoms with Crippen molar-refractivity contribution in [1.29, 1.82) is 0 Å². The molecule has 21 heavy (non-hydrogen) atoms. The predicted molar refractivity (Wildman–Crippen MR) is 82.1 cm³/mol. The van der Waals surface area contributed by atoms with Gasteiger partial charge in [0, 0.05) is 36.5 Å². The topological polar surface area (TPSA) is 75.9 Å². The van der Waals surface area contributed by atoms with E-state index in [2.05, 4.69) is 34.2 Å². The van der Waals surface area contributed by atoms with Gasteiger partial charge in [-0.05, 0) is 13.3 Å². The Bertz CT molecular complexity index is 595. The lowest BCUT2D eigenvalue weighted by Gasteiger charge is -2.17. The first-order valence-corrected chi connectivity index (χ1v) is 7.25.